The molecule has 460 valence electrons. The summed E-state index contributed by atoms with van der Waals surface area (Å²) in [5.41, 5.74) is 0. The summed E-state index contributed by atoms with van der Waals surface area (Å²) in [4.78, 5) is 39.9. The van der Waals surface area contributed by atoms with Gasteiger partial charge < -0.3 is 67.8 Å². The molecule has 6 unspecified atom stereocenters. The summed E-state index contributed by atoms with van der Waals surface area (Å²) in [6, 6.07) is 74.7. The van der Waals surface area contributed by atoms with E-state index in [1.54, 1.807) is 24.3 Å². The second kappa shape index (κ2) is 25.8. The highest BCUT2D eigenvalue weighted by Gasteiger charge is 2.80. The summed E-state index contributed by atoms with van der Waals surface area (Å²) < 4.78 is 119. The summed E-state index contributed by atoms with van der Waals surface area (Å²) in [6.45, 7) is 8.39. The van der Waals surface area contributed by atoms with E-state index in [9.17, 15) is 14.4 Å². The van der Waals surface area contributed by atoms with Gasteiger partial charge in [-0.25, -0.2) is 0 Å². The van der Waals surface area contributed by atoms with Crippen LogP contribution in [-0.2, 0) is 72.6 Å². The van der Waals surface area contributed by atoms with Gasteiger partial charge in [-0.2, -0.15) is 0 Å². The van der Waals surface area contributed by atoms with Crippen LogP contribution in [0.15, 0.2) is 243 Å². The monoisotopic (exact) mass is 1370 g/mol. The van der Waals surface area contributed by atoms with Crippen LogP contribution in [0, 0.1) is 0 Å². The molecule has 4 aliphatic heterocycles. The second-order valence-corrected chi connectivity index (χ2v) is 52.8. The average Bonchev–Trinajstić information content (AvgIpc) is 0.968. The van der Waals surface area contributed by atoms with E-state index in [0.717, 1.165) is 0 Å². The van der Waals surface area contributed by atoms with Crippen molar-refractivity contribution < 1.29 is 77.4 Å². The molecule has 28 heteroatoms. The fourth-order valence-corrected chi connectivity index (χ4v) is 65.0. The number of esters is 2. The maximum absolute atomic E-state index is 14.6. The summed E-state index contributed by atoms with van der Waals surface area (Å²) >= 11 is 0. The Bertz CT molecular complexity index is 3340. The van der Waals surface area contributed by atoms with Gasteiger partial charge in [0.25, 0.3) is 0 Å². The quantitative estimate of drug-likeness (QED) is 0.0753. The van der Waals surface area contributed by atoms with Crippen molar-refractivity contribution in [3.63, 3.8) is 0 Å². The van der Waals surface area contributed by atoms with Crippen molar-refractivity contribution in [1.82, 2.24) is 0 Å². The fraction of sp³-hybridized carbons (Fsp3) is 0.180. The molecule has 4 heterocycles. The Kier molecular flexibility index (Phi) is 18.4. The smallest absolute Gasteiger partial charge is 0.466 e. The number of hydrogen-bond acceptors (Lipinski definition) is 18. The third kappa shape index (κ3) is 13.2. The van der Waals surface area contributed by atoms with Crippen LogP contribution in [-0.4, -0.2) is 117 Å². The first kappa shape index (κ1) is 63.5. The molecule has 0 saturated carbocycles. The molecule has 6 atom stereocenters. The van der Waals surface area contributed by atoms with Crippen LogP contribution in [0.3, 0.4) is 0 Å². The van der Waals surface area contributed by atoms with Crippen molar-refractivity contribution in [2.24, 2.45) is 0 Å². The molecule has 0 aromatic heterocycles. The second-order valence-electron chi connectivity index (χ2n) is 22.3. The van der Waals surface area contributed by atoms with Gasteiger partial charge in [0.05, 0.1) is 13.2 Å². The lowest BCUT2D eigenvalue weighted by Gasteiger charge is -2.58. The molecule has 0 aliphatic carbocycles. The van der Waals surface area contributed by atoms with Crippen LogP contribution in [0.4, 0.5) is 0 Å². The number of hydrogen-bond donors (Lipinski definition) is 1. The van der Waals surface area contributed by atoms with Crippen LogP contribution in [0.5, 0.6) is 0 Å². The number of carbonyl (C=O) groups excluding carboxylic acids is 2. The van der Waals surface area contributed by atoms with E-state index in [2.05, 4.69) is 0 Å². The first-order chi connectivity index (χ1) is 42.9. The van der Waals surface area contributed by atoms with Crippen LogP contribution in [0.25, 0.3) is 0 Å². The zero-order valence-corrected chi connectivity index (χ0v) is 59.7. The number of rotatable bonds is 16. The molecule has 1 N–H and O–H groups in total. The van der Waals surface area contributed by atoms with Crippen molar-refractivity contribution >= 4 is 141 Å². The largest absolute Gasteiger partial charge is 0.520 e. The topological polar surface area (TPSA) is 193 Å². The number of carbonyl (C=O) groups is 2. The maximum atomic E-state index is 14.6. The van der Waals surface area contributed by atoms with Gasteiger partial charge in [-0.05, 0) is 49.8 Å². The van der Waals surface area contributed by atoms with E-state index in [-0.39, 0.29) is 43.3 Å². The number of benzene rings is 8. The summed E-state index contributed by atoms with van der Waals surface area (Å²) in [5.74, 6) is -0.942. The average molecular weight is 1370 g/mol. The van der Waals surface area contributed by atoms with Crippen LogP contribution >= 0.6 is 0 Å². The number of fused-ring (bicyclic) bond motifs is 4. The van der Waals surface area contributed by atoms with E-state index in [0.29, 0.717) is 36.3 Å². The Balaban J connectivity index is 1.31. The molecule has 0 amide bonds. The molecule has 6 bridgehead atoms. The first-order valence-electron chi connectivity index (χ1n) is 29.4. The predicted octanol–water partition coefficient (Wildman–Crippen LogP) is 5.20. The Morgan fingerprint density at radius 1 is 0.303 bits per heavy atom. The molecule has 8 aromatic rings. The van der Waals surface area contributed by atoms with Crippen LogP contribution < -0.4 is 41.5 Å². The lowest BCUT2D eigenvalue weighted by Crippen LogP contribution is -2.90. The molecule has 89 heavy (non-hydrogen) atoms. The minimum absolute atomic E-state index is 0.0192. The fourth-order valence-electron chi connectivity index (χ4n) is 11.3. The van der Waals surface area contributed by atoms with Crippen molar-refractivity contribution in [1.29, 1.82) is 0 Å². The van der Waals surface area contributed by atoms with Gasteiger partial charge in [0.15, 0.2) is 0 Å². The first-order valence-corrected chi connectivity index (χ1v) is 48.9. The summed E-state index contributed by atoms with van der Waals surface area (Å²) in [5, 5.41) is 3.48. The molecule has 8 aromatic carbocycles. The molecule has 0 radical (unpaired) electrons. The Morgan fingerprint density at radius 3 is 0.764 bits per heavy atom. The Morgan fingerprint density at radius 2 is 0.517 bits per heavy atom. The van der Waals surface area contributed by atoms with Crippen molar-refractivity contribution in [3.8, 4) is 0 Å². The van der Waals surface area contributed by atoms with Gasteiger partial charge in [0, 0.05) is 50.2 Å². The number of ether oxygens (including phenoxy) is 2. The van der Waals surface area contributed by atoms with E-state index < -0.39 is 99.3 Å². The SMILES string of the molecule is CC(=O)OCCC[Si]1(C)O[Si]2(c3ccccc3)O[Si](C)(c3ccccc3)O[Si]3(c4ccccc4)O[Si](C)(CCCOC(C)=O)O[Si]4(c5ccccc5)O[Si](O)(c5ccccc5)O[Si](c5ccccc5)(O1)O[Si](c1ccccc1)(O4)O[Si](c1ccccc1)(O2)O3. The van der Waals surface area contributed by atoms with Crippen LogP contribution in [0.1, 0.15) is 26.7 Å². The normalized spacial score (nSPS) is 31.9. The van der Waals surface area contributed by atoms with Crippen molar-refractivity contribution in [2.45, 2.75) is 58.4 Å². The highest BCUT2D eigenvalue weighted by Crippen LogP contribution is 2.45. The molecule has 18 nitrogen and oxygen atoms in total. The molecule has 4 saturated heterocycles. The third-order valence-electron chi connectivity index (χ3n) is 15.3. The lowest BCUT2D eigenvalue weighted by molar-refractivity contribution is -0.141. The third-order valence-corrected chi connectivity index (χ3v) is 58.1. The predicted molar refractivity (Wildman–Crippen MR) is 352 cm³/mol. The summed E-state index contributed by atoms with van der Waals surface area (Å²) in [6.07, 6.45) is 0.425. The molecular weight excluding hydrogens is 1300 g/mol. The Hall–Kier alpha value is -5.69. The van der Waals surface area contributed by atoms with Gasteiger partial charge in [-0.3, -0.25) is 9.59 Å². The minimum atomic E-state index is -5.37. The van der Waals surface area contributed by atoms with E-state index >= 15 is 0 Å². The molecule has 4 aliphatic rings. The molecular formula is C61H68O18Si10. The highest BCUT2D eigenvalue weighted by molar-refractivity contribution is 7.10. The molecule has 12 rings (SSSR count). The van der Waals surface area contributed by atoms with Gasteiger partial charge in [-0.15, -0.1) is 0 Å². The van der Waals surface area contributed by atoms with E-state index in [1.165, 1.54) is 13.8 Å². The van der Waals surface area contributed by atoms with Gasteiger partial charge in [0.1, 0.15) is 0 Å². The van der Waals surface area contributed by atoms with Gasteiger partial charge in [-0.1, -0.05) is 243 Å². The van der Waals surface area contributed by atoms with E-state index in [1.807, 2.05) is 238 Å². The molecule has 0 spiro atoms. The Labute approximate surface area is 529 Å². The summed E-state index contributed by atoms with van der Waals surface area (Å²) in [7, 11) is -49.4. The zero-order valence-electron chi connectivity index (χ0n) is 49.7. The van der Waals surface area contributed by atoms with Crippen molar-refractivity contribution in [3.05, 3.63) is 243 Å². The zero-order chi connectivity index (χ0) is 61.9. The van der Waals surface area contributed by atoms with Crippen molar-refractivity contribution in [2.75, 3.05) is 13.2 Å². The minimum Gasteiger partial charge on any atom is -0.466 e. The van der Waals surface area contributed by atoms with Gasteiger partial charge >= 0.3 is 99.3 Å². The maximum Gasteiger partial charge on any atom is 0.520 e. The molecule has 4 fully saturated rings. The highest BCUT2D eigenvalue weighted by atomic mass is 28.6. The van der Waals surface area contributed by atoms with Crippen LogP contribution in [0.2, 0.25) is 31.7 Å². The van der Waals surface area contributed by atoms with E-state index in [4.69, 9.17) is 63.0 Å². The van der Waals surface area contributed by atoms with Gasteiger partial charge in [0.2, 0.25) is 0 Å². The standard InChI is InChI=1S/C61H68O18Si10/c1-52(62)65-48-30-50-80(3)67-84(56-36-18-8-19-37-56)71-82(5,54-32-14-6-15-33-54)72-85(57-38-20-9-21-39-57)68-81(4,51-31-49-66-53(2)63)70-87(59-42-24-11-25-43-59)74-83(64,55-34-16-7-17-35-55)73-86(69-80,58-40-22-10-23-41-58)77-89(78-87,61-46-28-13-29-47-61)79-88(75-84,76-85)60-44-26-12-27-45-60/h6-29,32-47,64H,30-31,48-51H2,1-5H3. The lowest BCUT2D eigenvalue weighted by atomic mass is 10.4.